The van der Waals surface area contributed by atoms with Crippen molar-refractivity contribution in [1.82, 2.24) is 0 Å². The summed E-state index contributed by atoms with van der Waals surface area (Å²) in [5, 5.41) is 11.7. The van der Waals surface area contributed by atoms with Crippen molar-refractivity contribution >= 4 is 21.4 Å². The van der Waals surface area contributed by atoms with Gasteiger partial charge in [-0.25, -0.2) is 8.42 Å². The van der Waals surface area contributed by atoms with Gasteiger partial charge in [0.1, 0.15) is 24.2 Å². The van der Waals surface area contributed by atoms with Crippen LogP contribution in [0.15, 0.2) is 70.0 Å². The lowest BCUT2D eigenvalue weighted by Crippen LogP contribution is -2.11. The van der Waals surface area contributed by atoms with Gasteiger partial charge in [-0.1, -0.05) is 18.2 Å². The van der Waals surface area contributed by atoms with E-state index in [-0.39, 0.29) is 17.3 Å². The molecule has 8 heteroatoms. The summed E-state index contributed by atoms with van der Waals surface area (Å²) in [7, 11) is -3.38. The smallest absolute Gasteiger partial charge is 0.291 e. The molecule has 1 N–H and O–H groups in total. The van der Waals surface area contributed by atoms with Crippen molar-refractivity contribution in [3.8, 4) is 11.8 Å². The van der Waals surface area contributed by atoms with E-state index in [1.54, 1.807) is 42.5 Å². The molecule has 1 aromatic heterocycles. The average molecular weight is 396 g/mol. The Morgan fingerprint density at radius 3 is 2.68 bits per heavy atom. The number of carbonyl (C=O) groups excluding carboxylic acids is 1. The topological polar surface area (TPSA) is 109 Å². The van der Waals surface area contributed by atoms with Gasteiger partial charge in [0.15, 0.2) is 15.6 Å². The van der Waals surface area contributed by atoms with Crippen LogP contribution in [0.2, 0.25) is 0 Å². The van der Waals surface area contributed by atoms with Crippen molar-refractivity contribution in [3.05, 3.63) is 77.7 Å². The number of rotatable bonds is 6. The predicted octanol–water partition coefficient (Wildman–Crippen LogP) is 3.39. The average Bonchev–Trinajstić information content (AvgIpc) is 3.15. The number of nitrogens with zero attached hydrogens (tertiary/aromatic N) is 1. The number of sulfone groups is 1. The Morgan fingerprint density at radius 1 is 1.14 bits per heavy atom. The van der Waals surface area contributed by atoms with Gasteiger partial charge in [0.25, 0.3) is 5.91 Å². The summed E-state index contributed by atoms with van der Waals surface area (Å²) >= 11 is 0. The second-order valence-electron chi connectivity index (χ2n) is 5.92. The van der Waals surface area contributed by atoms with Crippen LogP contribution in [0.3, 0.4) is 0 Å². The molecule has 28 heavy (non-hydrogen) atoms. The number of benzene rings is 2. The third-order valence-electron chi connectivity index (χ3n) is 3.78. The van der Waals surface area contributed by atoms with Gasteiger partial charge < -0.3 is 14.5 Å². The van der Waals surface area contributed by atoms with Gasteiger partial charge in [-0.05, 0) is 42.5 Å². The van der Waals surface area contributed by atoms with Crippen LogP contribution in [0.4, 0.5) is 5.69 Å². The van der Waals surface area contributed by atoms with Gasteiger partial charge in [0.05, 0.1) is 10.5 Å². The van der Waals surface area contributed by atoms with E-state index in [9.17, 15) is 13.2 Å². The normalized spacial score (nSPS) is 10.9. The first kappa shape index (κ1) is 19.2. The zero-order valence-electron chi connectivity index (χ0n) is 14.9. The number of ether oxygens (including phenoxy) is 1. The largest absolute Gasteiger partial charge is 0.484 e. The molecule has 7 nitrogen and oxygen atoms in total. The van der Waals surface area contributed by atoms with E-state index in [4.69, 9.17) is 14.4 Å². The maximum absolute atomic E-state index is 12.3. The molecule has 0 aliphatic heterocycles. The van der Waals surface area contributed by atoms with Gasteiger partial charge in [0, 0.05) is 11.9 Å². The van der Waals surface area contributed by atoms with E-state index in [1.165, 1.54) is 18.2 Å². The molecule has 1 heterocycles. The standard InChI is InChI=1S/C20H16N2O5S/c1-28(24,25)17-7-4-6-15(11-17)22-20(23)19-10-9-16(27-19)13-26-18-8-3-2-5-14(18)12-21/h2-11H,13H2,1H3,(H,22,23). The summed E-state index contributed by atoms with van der Waals surface area (Å²) < 4.78 is 34.3. The minimum absolute atomic E-state index is 0.0511. The highest BCUT2D eigenvalue weighted by atomic mass is 32.2. The number of nitrogens with one attached hydrogen (secondary N) is 1. The maximum Gasteiger partial charge on any atom is 0.291 e. The fraction of sp³-hybridized carbons (Fsp3) is 0.100. The fourth-order valence-electron chi connectivity index (χ4n) is 2.41. The number of anilines is 1. The number of hydrogen-bond donors (Lipinski definition) is 1. The van der Waals surface area contributed by atoms with Crippen LogP contribution < -0.4 is 10.1 Å². The van der Waals surface area contributed by atoms with E-state index < -0.39 is 15.7 Å². The lowest BCUT2D eigenvalue weighted by Gasteiger charge is -2.06. The molecular formula is C20H16N2O5S. The second-order valence-corrected chi connectivity index (χ2v) is 7.93. The van der Waals surface area contributed by atoms with E-state index in [0.29, 0.717) is 22.8 Å². The number of carbonyl (C=O) groups is 1. The highest BCUT2D eigenvalue weighted by Crippen LogP contribution is 2.20. The van der Waals surface area contributed by atoms with Crippen molar-refractivity contribution in [2.45, 2.75) is 11.5 Å². The maximum atomic E-state index is 12.3. The lowest BCUT2D eigenvalue weighted by molar-refractivity contribution is 0.0992. The first-order chi connectivity index (χ1) is 13.4. The van der Waals surface area contributed by atoms with Crippen molar-refractivity contribution in [3.63, 3.8) is 0 Å². The second kappa shape index (κ2) is 7.98. The molecule has 0 aliphatic rings. The molecule has 2 aromatic carbocycles. The summed E-state index contributed by atoms with van der Waals surface area (Å²) in [6.07, 6.45) is 1.09. The van der Waals surface area contributed by atoms with Crippen LogP contribution in [0.1, 0.15) is 21.9 Å². The molecule has 0 aliphatic carbocycles. The lowest BCUT2D eigenvalue weighted by atomic mass is 10.2. The van der Waals surface area contributed by atoms with Gasteiger partial charge in [-0.15, -0.1) is 0 Å². The van der Waals surface area contributed by atoms with Crippen molar-refractivity contribution in [2.24, 2.45) is 0 Å². The van der Waals surface area contributed by atoms with Crippen LogP contribution in [0.25, 0.3) is 0 Å². The summed E-state index contributed by atoms with van der Waals surface area (Å²) in [6.45, 7) is 0.0511. The van der Waals surface area contributed by atoms with E-state index in [2.05, 4.69) is 5.32 Å². The van der Waals surface area contributed by atoms with Crippen LogP contribution in [0, 0.1) is 11.3 Å². The van der Waals surface area contributed by atoms with Crippen LogP contribution in [-0.2, 0) is 16.4 Å². The van der Waals surface area contributed by atoms with Crippen LogP contribution in [-0.4, -0.2) is 20.6 Å². The summed E-state index contributed by atoms with van der Waals surface area (Å²) in [5.41, 5.74) is 0.739. The third kappa shape index (κ3) is 4.58. The minimum atomic E-state index is -3.38. The minimum Gasteiger partial charge on any atom is -0.484 e. The number of nitriles is 1. The zero-order valence-corrected chi connectivity index (χ0v) is 15.7. The molecule has 0 bridgehead atoms. The summed E-state index contributed by atoms with van der Waals surface area (Å²) in [4.78, 5) is 12.4. The first-order valence-electron chi connectivity index (χ1n) is 8.19. The number of furan rings is 1. The third-order valence-corrected chi connectivity index (χ3v) is 4.89. The number of hydrogen-bond acceptors (Lipinski definition) is 6. The molecule has 0 unspecified atom stereocenters. The molecule has 0 saturated carbocycles. The monoisotopic (exact) mass is 396 g/mol. The van der Waals surface area contributed by atoms with Gasteiger partial charge in [0.2, 0.25) is 0 Å². The molecule has 0 atom stereocenters. The fourth-order valence-corrected chi connectivity index (χ4v) is 3.08. The molecule has 0 spiro atoms. The molecule has 0 saturated heterocycles. The molecule has 1 amide bonds. The van der Waals surface area contributed by atoms with Crippen LogP contribution >= 0.6 is 0 Å². The highest BCUT2D eigenvalue weighted by Gasteiger charge is 2.14. The van der Waals surface area contributed by atoms with Gasteiger partial charge in [-0.2, -0.15) is 5.26 Å². The zero-order chi connectivity index (χ0) is 20.1. The Hall–Kier alpha value is -3.57. The van der Waals surface area contributed by atoms with Crippen molar-refractivity contribution in [1.29, 1.82) is 5.26 Å². The quantitative estimate of drug-likeness (QED) is 0.684. The molecular weight excluding hydrogens is 380 g/mol. The first-order valence-corrected chi connectivity index (χ1v) is 10.1. The Labute approximate surface area is 162 Å². The van der Waals surface area contributed by atoms with Gasteiger partial charge in [-0.3, -0.25) is 4.79 Å². The Balaban J connectivity index is 1.67. The van der Waals surface area contributed by atoms with Crippen molar-refractivity contribution < 1.29 is 22.4 Å². The molecule has 0 fully saturated rings. The molecule has 142 valence electrons. The molecule has 0 radical (unpaired) electrons. The van der Waals surface area contributed by atoms with Gasteiger partial charge >= 0.3 is 0 Å². The number of amides is 1. The SMILES string of the molecule is CS(=O)(=O)c1cccc(NC(=O)c2ccc(COc3ccccc3C#N)o2)c1. The molecule has 3 aromatic rings. The Bertz CT molecular complexity index is 1160. The predicted molar refractivity (Wildman–Crippen MR) is 102 cm³/mol. The Morgan fingerprint density at radius 2 is 1.93 bits per heavy atom. The molecule has 3 rings (SSSR count). The summed E-state index contributed by atoms with van der Waals surface area (Å²) in [6, 6.07) is 17.9. The van der Waals surface area contributed by atoms with E-state index in [0.717, 1.165) is 6.26 Å². The van der Waals surface area contributed by atoms with Crippen molar-refractivity contribution in [2.75, 3.05) is 11.6 Å². The van der Waals surface area contributed by atoms with E-state index >= 15 is 0 Å². The van der Waals surface area contributed by atoms with Crippen LogP contribution in [0.5, 0.6) is 5.75 Å². The highest BCUT2D eigenvalue weighted by molar-refractivity contribution is 7.90. The Kier molecular flexibility index (Phi) is 5.47. The van der Waals surface area contributed by atoms with E-state index in [1.807, 2.05) is 6.07 Å². The number of para-hydroxylation sites is 1. The summed E-state index contributed by atoms with van der Waals surface area (Å²) in [5.74, 6) is 0.360.